The second kappa shape index (κ2) is 9.25. The number of pyridine rings is 1. The van der Waals surface area contributed by atoms with Crippen LogP contribution in [0.15, 0.2) is 35.4 Å². The number of carbonyl (C=O) groups excluding carboxylic acids is 1. The number of piperidine rings is 1. The van der Waals surface area contributed by atoms with Crippen LogP contribution in [-0.2, 0) is 20.8 Å². The molecular formula is C22H23F5N4O3S. The molecule has 1 aromatic heterocycles. The summed E-state index contributed by atoms with van der Waals surface area (Å²) in [7, 11) is -3.80. The Morgan fingerprint density at radius 2 is 1.66 bits per heavy atom. The molecule has 1 aromatic carbocycles. The minimum Gasteiger partial charge on any atom is -0.369 e. The minimum absolute atomic E-state index is 0.123. The summed E-state index contributed by atoms with van der Waals surface area (Å²) in [5, 5.41) is 2.58. The lowest BCUT2D eigenvalue weighted by molar-refractivity contribution is -0.137. The largest absolute Gasteiger partial charge is 0.417 e. The number of sulfone groups is 1. The lowest BCUT2D eigenvalue weighted by Crippen LogP contribution is -2.47. The molecule has 2 aliphatic heterocycles. The van der Waals surface area contributed by atoms with Gasteiger partial charge in [0, 0.05) is 38.1 Å². The summed E-state index contributed by atoms with van der Waals surface area (Å²) in [5.74, 6) is -2.10. The molecule has 1 amide bonds. The van der Waals surface area contributed by atoms with Crippen molar-refractivity contribution in [2.75, 3.05) is 36.1 Å². The normalized spacial score (nSPS) is 19.9. The van der Waals surface area contributed by atoms with E-state index >= 15 is 0 Å². The fraction of sp³-hybridized carbons (Fsp3) is 0.455. The minimum atomic E-state index is -4.46. The lowest BCUT2D eigenvalue weighted by atomic mass is 10.0. The second-order valence-electron chi connectivity index (χ2n) is 8.67. The van der Waals surface area contributed by atoms with Crippen molar-refractivity contribution in [3.05, 3.63) is 47.7 Å². The number of nitrogens with one attached hydrogen (secondary N) is 1. The number of rotatable bonds is 5. The van der Waals surface area contributed by atoms with Gasteiger partial charge in [-0.05, 0) is 43.5 Å². The molecule has 2 aliphatic rings. The van der Waals surface area contributed by atoms with E-state index < -0.39 is 49.8 Å². The number of amides is 1. The van der Waals surface area contributed by atoms with E-state index in [-0.39, 0.29) is 11.9 Å². The molecule has 4 rings (SSSR count). The summed E-state index contributed by atoms with van der Waals surface area (Å²) in [5.41, 5.74) is -1.38. The maximum atomic E-state index is 14.4. The molecule has 0 bridgehead atoms. The van der Waals surface area contributed by atoms with Crippen molar-refractivity contribution in [2.24, 2.45) is 0 Å². The zero-order chi connectivity index (χ0) is 25.5. The molecule has 0 radical (unpaired) electrons. The Hall–Kier alpha value is -2.96. The van der Waals surface area contributed by atoms with Crippen LogP contribution in [0.4, 0.5) is 33.5 Å². The predicted octanol–water partition coefficient (Wildman–Crippen LogP) is 3.46. The van der Waals surface area contributed by atoms with Crippen molar-refractivity contribution < 1.29 is 35.2 Å². The summed E-state index contributed by atoms with van der Waals surface area (Å²) < 4.78 is 90.2. The third-order valence-electron chi connectivity index (χ3n) is 6.31. The van der Waals surface area contributed by atoms with Gasteiger partial charge in [-0.25, -0.2) is 22.2 Å². The summed E-state index contributed by atoms with van der Waals surface area (Å²) in [4.78, 5) is 19.8. The van der Waals surface area contributed by atoms with Crippen LogP contribution < -0.4 is 10.2 Å². The quantitative estimate of drug-likeness (QED) is 0.611. The van der Waals surface area contributed by atoms with Gasteiger partial charge in [0.1, 0.15) is 17.5 Å². The summed E-state index contributed by atoms with van der Waals surface area (Å²) in [6.07, 6.45) is -1.39. The number of carbonyl (C=O) groups is 1. The molecule has 3 heterocycles. The number of hydrogen-bond donors (Lipinski definition) is 1. The monoisotopic (exact) mass is 518 g/mol. The van der Waals surface area contributed by atoms with Crippen molar-refractivity contribution >= 4 is 27.2 Å². The Bertz CT molecular complexity index is 1190. The van der Waals surface area contributed by atoms with Crippen LogP contribution >= 0.6 is 0 Å². The Balaban J connectivity index is 1.37. The molecule has 2 fully saturated rings. The van der Waals surface area contributed by atoms with Gasteiger partial charge < -0.3 is 15.1 Å². The van der Waals surface area contributed by atoms with Crippen LogP contribution in [0.2, 0.25) is 0 Å². The van der Waals surface area contributed by atoms with Crippen molar-refractivity contribution in [1.82, 2.24) is 9.88 Å². The van der Waals surface area contributed by atoms with E-state index in [1.54, 1.807) is 4.90 Å². The standard InChI is InChI=1S/C22H23F5N4O3S/c1-35(33,34)15-10-16(23)20(17(24)11-15)29-18-6-9-31(21(18)32)14-4-7-30(8-5-14)19-3-2-13(12-28-19)22(25,26)27/h2-3,10-12,14,18,29H,4-9H2,1H3/t18-/m0/s1. The first-order chi connectivity index (χ1) is 16.3. The van der Waals surface area contributed by atoms with E-state index in [1.807, 2.05) is 4.90 Å². The average Bonchev–Trinajstić information content (AvgIpc) is 3.15. The van der Waals surface area contributed by atoms with Crippen molar-refractivity contribution in [2.45, 2.75) is 42.4 Å². The first-order valence-corrected chi connectivity index (χ1v) is 12.8. The summed E-state index contributed by atoms with van der Waals surface area (Å²) in [6.45, 7) is 1.35. The van der Waals surface area contributed by atoms with Gasteiger partial charge in [-0.2, -0.15) is 13.2 Å². The summed E-state index contributed by atoms with van der Waals surface area (Å²) >= 11 is 0. The molecule has 0 unspecified atom stereocenters. The van der Waals surface area contributed by atoms with Crippen LogP contribution in [0.25, 0.3) is 0 Å². The Labute approximate surface area is 198 Å². The highest BCUT2D eigenvalue weighted by Crippen LogP contribution is 2.31. The molecule has 7 nitrogen and oxygen atoms in total. The van der Waals surface area contributed by atoms with Crippen molar-refractivity contribution in [1.29, 1.82) is 0 Å². The molecule has 1 N–H and O–H groups in total. The van der Waals surface area contributed by atoms with Crippen LogP contribution in [0.5, 0.6) is 0 Å². The highest BCUT2D eigenvalue weighted by Gasteiger charge is 2.38. The number of anilines is 2. The second-order valence-corrected chi connectivity index (χ2v) is 10.7. The molecule has 1 atom stereocenters. The lowest BCUT2D eigenvalue weighted by Gasteiger charge is -2.37. The first-order valence-electron chi connectivity index (χ1n) is 10.9. The third-order valence-corrected chi connectivity index (χ3v) is 7.40. The van der Waals surface area contributed by atoms with Gasteiger partial charge in [0.2, 0.25) is 5.91 Å². The molecule has 190 valence electrons. The number of likely N-dealkylation sites (tertiary alicyclic amines) is 1. The predicted molar refractivity (Wildman–Crippen MR) is 118 cm³/mol. The topological polar surface area (TPSA) is 82.6 Å². The maximum Gasteiger partial charge on any atom is 0.417 e. The Kier molecular flexibility index (Phi) is 6.64. The van der Waals surface area contributed by atoms with E-state index in [4.69, 9.17) is 0 Å². The molecule has 2 saturated heterocycles. The Morgan fingerprint density at radius 1 is 1.03 bits per heavy atom. The molecule has 0 aliphatic carbocycles. The fourth-order valence-corrected chi connectivity index (χ4v) is 5.06. The van der Waals surface area contributed by atoms with E-state index in [1.165, 1.54) is 6.07 Å². The van der Waals surface area contributed by atoms with E-state index in [0.717, 1.165) is 18.5 Å². The van der Waals surface area contributed by atoms with Crippen LogP contribution in [0, 0.1) is 11.6 Å². The number of halogens is 5. The maximum absolute atomic E-state index is 14.4. The van der Waals surface area contributed by atoms with Crippen molar-refractivity contribution in [3.63, 3.8) is 0 Å². The SMILES string of the molecule is CS(=O)(=O)c1cc(F)c(N[C@H]2CCN(C3CCN(c4ccc(C(F)(F)F)cn4)CC3)C2=O)c(F)c1. The number of alkyl halides is 3. The van der Waals surface area contributed by atoms with Crippen LogP contribution in [0.1, 0.15) is 24.8 Å². The molecule has 0 saturated carbocycles. The molecule has 2 aromatic rings. The van der Waals surface area contributed by atoms with Gasteiger partial charge in [-0.3, -0.25) is 4.79 Å². The van der Waals surface area contributed by atoms with Gasteiger partial charge in [0.25, 0.3) is 0 Å². The van der Waals surface area contributed by atoms with Gasteiger partial charge in [-0.1, -0.05) is 0 Å². The van der Waals surface area contributed by atoms with E-state index in [9.17, 15) is 35.2 Å². The average molecular weight is 519 g/mol. The van der Waals surface area contributed by atoms with Gasteiger partial charge in [0.05, 0.1) is 10.5 Å². The molecule has 13 heteroatoms. The van der Waals surface area contributed by atoms with Crippen LogP contribution in [-0.4, -0.2) is 62.2 Å². The van der Waals surface area contributed by atoms with E-state index in [2.05, 4.69) is 10.3 Å². The van der Waals surface area contributed by atoms with Gasteiger partial charge in [0.15, 0.2) is 21.5 Å². The zero-order valence-corrected chi connectivity index (χ0v) is 19.5. The summed E-state index contributed by atoms with van der Waals surface area (Å²) in [6, 6.07) is 2.74. The highest BCUT2D eigenvalue weighted by atomic mass is 32.2. The number of nitrogens with zero attached hydrogens (tertiary/aromatic N) is 3. The van der Waals surface area contributed by atoms with E-state index in [0.29, 0.717) is 56.8 Å². The number of benzene rings is 1. The Morgan fingerprint density at radius 3 is 2.17 bits per heavy atom. The molecular weight excluding hydrogens is 495 g/mol. The zero-order valence-electron chi connectivity index (χ0n) is 18.6. The third kappa shape index (κ3) is 5.34. The number of aromatic nitrogens is 1. The van der Waals surface area contributed by atoms with Gasteiger partial charge in [-0.15, -0.1) is 0 Å². The highest BCUT2D eigenvalue weighted by molar-refractivity contribution is 7.90. The van der Waals surface area contributed by atoms with Crippen LogP contribution in [0.3, 0.4) is 0 Å². The van der Waals surface area contributed by atoms with Gasteiger partial charge >= 0.3 is 6.18 Å². The smallest absolute Gasteiger partial charge is 0.369 e. The van der Waals surface area contributed by atoms with Crippen molar-refractivity contribution in [3.8, 4) is 0 Å². The first kappa shape index (κ1) is 25.1. The fourth-order valence-electron chi connectivity index (χ4n) is 4.42. The molecule has 0 spiro atoms. The number of hydrogen-bond acceptors (Lipinski definition) is 6. The molecule has 35 heavy (non-hydrogen) atoms.